The Balaban J connectivity index is 1.93. The summed E-state index contributed by atoms with van der Waals surface area (Å²) in [6.07, 6.45) is 13.0. The average molecular weight is 426 g/mol. The molecule has 0 aliphatic rings. The summed E-state index contributed by atoms with van der Waals surface area (Å²) in [5, 5.41) is 5.89. The van der Waals surface area contributed by atoms with Crippen LogP contribution in [-0.4, -0.2) is 24.9 Å². The number of ketones is 1. The van der Waals surface area contributed by atoms with Crippen molar-refractivity contribution in [2.24, 2.45) is 11.5 Å². The normalized spacial score (nSPS) is 12.4. The molecule has 1 atom stereocenters. The van der Waals surface area contributed by atoms with Crippen molar-refractivity contribution in [3.8, 4) is 0 Å². The molecule has 0 saturated heterocycles. The van der Waals surface area contributed by atoms with Crippen LogP contribution < -0.4 is 16.8 Å². The first kappa shape index (κ1) is 25.5. The molecule has 2 aromatic rings. The minimum atomic E-state index is -0.459. The van der Waals surface area contributed by atoms with E-state index in [9.17, 15) is 4.79 Å². The maximum absolute atomic E-state index is 13.1. The number of carbonyl (C=O) groups excluding carboxylic acids is 1. The van der Waals surface area contributed by atoms with E-state index in [1.165, 1.54) is 56.8 Å². The van der Waals surface area contributed by atoms with Gasteiger partial charge in [0.15, 0.2) is 5.78 Å². The summed E-state index contributed by atoms with van der Waals surface area (Å²) < 4.78 is 0. The van der Waals surface area contributed by atoms with E-state index in [1.54, 1.807) is 0 Å². The molecule has 0 bridgehead atoms. The molecule has 0 fully saturated rings. The highest BCUT2D eigenvalue weighted by molar-refractivity contribution is 6.05. The number of hydrogen-bond donors (Lipinski definition) is 3. The van der Waals surface area contributed by atoms with Gasteiger partial charge in [-0.3, -0.25) is 4.79 Å². The Kier molecular flexibility index (Phi) is 12.4. The third-order valence-electron chi connectivity index (χ3n) is 6.12. The SMILES string of the molecule is CCCCCCCCCCNCc1c(C(=O)[C@@H](N)CCCCN)ccc2ccccc12. The van der Waals surface area contributed by atoms with E-state index in [4.69, 9.17) is 11.5 Å². The lowest BCUT2D eigenvalue weighted by molar-refractivity contribution is 0.0955. The Labute approximate surface area is 189 Å². The van der Waals surface area contributed by atoms with Crippen LogP contribution in [0.2, 0.25) is 0 Å². The van der Waals surface area contributed by atoms with E-state index in [-0.39, 0.29) is 5.78 Å². The molecule has 2 aromatic carbocycles. The number of nitrogens with two attached hydrogens (primary N) is 2. The molecule has 0 aliphatic carbocycles. The van der Waals surface area contributed by atoms with Gasteiger partial charge >= 0.3 is 0 Å². The van der Waals surface area contributed by atoms with Crippen molar-refractivity contribution in [1.82, 2.24) is 5.32 Å². The summed E-state index contributed by atoms with van der Waals surface area (Å²) in [7, 11) is 0. The summed E-state index contributed by atoms with van der Waals surface area (Å²) in [5.74, 6) is 0.0478. The smallest absolute Gasteiger partial charge is 0.179 e. The van der Waals surface area contributed by atoms with Crippen LogP contribution in [0.25, 0.3) is 10.8 Å². The molecule has 0 saturated carbocycles. The summed E-state index contributed by atoms with van der Waals surface area (Å²) in [6.45, 7) is 4.59. The first-order chi connectivity index (χ1) is 15.2. The monoisotopic (exact) mass is 425 g/mol. The molecule has 4 heteroatoms. The lowest BCUT2D eigenvalue weighted by Crippen LogP contribution is -2.32. The lowest BCUT2D eigenvalue weighted by Gasteiger charge is -2.17. The highest BCUT2D eigenvalue weighted by Crippen LogP contribution is 2.24. The highest BCUT2D eigenvalue weighted by Gasteiger charge is 2.20. The number of fused-ring (bicyclic) bond motifs is 1. The van der Waals surface area contributed by atoms with Crippen molar-refractivity contribution >= 4 is 16.6 Å². The Morgan fingerprint density at radius 3 is 2.35 bits per heavy atom. The third kappa shape index (κ3) is 8.72. The second-order valence-corrected chi connectivity index (χ2v) is 8.72. The van der Waals surface area contributed by atoms with E-state index in [2.05, 4.69) is 24.4 Å². The lowest BCUT2D eigenvalue weighted by atomic mass is 9.92. The molecule has 0 aliphatic heterocycles. The molecule has 4 nitrogen and oxygen atoms in total. The number of carbonyl (C=O) groups is 1. The molecule has 0 unspecified atom stereocenters. The van der Waals surface area contributed by atoms with Gasteiger partial charge in [-0.2, -0.15) is 0 Å². The van der Waals surface area contributed by atoms with Crippen molar-refractivity contribution in [2.45, 2.75) is 90.1 Å². The van der Waals surface area contributed by atoms with Crippen LogP contribution in [0.3, 0.4) is 0 Å². The molecule has 0 aromatic heterocycles. The second-order valence-electron chi connectivity index (χ2n) is 8.72. The van der Waals surface area contributed by atoms with Crippen LogP contribution in [0.1, 0.15) is 93.5 Å². The molecule has 5 N–H and O–H groups in total. The minimum Gasteiger partial charge on any atom is -0.330 e. The van der Waals surface area contributed by atoms with Gasteiger partial charge in [0.05, 0.1) is 6.04 Å². The first-order valence-corrected chi connectivity index (χ1v) is 12.4. The highest BCUT2D eigenvalue weighted by atomic mass is 16.1. The molecule has 2 rings (SSSR count). The van der Waals surface area contributed by atoms with E-state index < -0.39 is 6.04 Å². The van der Waals surface area contributed by atoms with Gasteiger partial charge in [0.25, 0.3) is 0 Å². The quantitative estimate of drug-likeness (QED) is 0.224. The van der Waals surface area contributed by atoms with E-state index in [0.717, 1.165) is 35.9 Å². The van der Waals surface area contributed by atoms with Gasteiger partial charge in [-0.05, 0) is 48.7 Å². The zero-order valence-corrected chi connectivity index (χ0v) is 19.5. The minimum absolute atomic E-state index is 0.0478. The van der Waals surface area contributed by atoms with Crippen molar-refractivity contribution in [2.75, 3.05) is 13.1 Å². The Bertz CT molecular complexity index is 774. The maximum Gasteiger partial charge on any atom is 0.179 e. The van der Waals surface area contributed by atoms with Gasteiger partial charge in [-0.1, -0.05) is 94.7 Å². The fraction of sp³-hybridized carbons (Fsp3) is 0.593. The summed E-state index contributed by atoms with van der Waals surface area (Å²) in [4.78, 5) is 13.1. The van der Waals surface area contributed by atoms with Gasteiger partial charge < -0.3 is 16.8 Å². The molecule has 0 amide bonds. The number of rotatable bonds is 17. The molecular weight excluding hydrogens is 382 g/mol. The molecule has 0 radical (unpaired) electrons. The van der Waals surface area contributed by atoms with E-state index in [1.807, 2.05) is 24.3 Å². The molecule has 0 spiro atoms. The maximum atomic E-state index is 13.1. The van der Waals surface area contributed by atoms with Crippen LogP contribution in [0.5, 0.6) is 0 Å². The fourth-order valence-corrected chi connectivity index (χ4v) is 4.19. The van der Waals surface area contributed by atoms with Gasteiger partial charge in [0.2, 0.25) is 0 Å². The zero-order chi connectivity index (χ0) is 22.3. The van der Waals surface area contributed by atoms with Crippen molar-refractivity contribution < 1.29 is 4.79 Å². The van der Waals surface area contributed by atoms with Gasteiger partial charge in [0, 0.05) is 12.1 Å². The van der Waals surface area contributed by atoms with Crippen LogP contribution in [0.15, 0.2) is 36.4 Å². The number of Topliss-reactive ketones (excluding diaryl/α,β-unsaturated/α-hetero) is 1. The third-order valence-corrected chi connectivity index (χ3v) is 6.12. The van der Waals surface area contributed by atoms with Gasteiger partial charge in [-0.25, -0.2) is 0 Å². The summed E-state index contributed by atoms with van der Waals surface area (Å²) >= 11 is 0. The van der Waals surface area contributed by atoms with Gasteiger partial charge in [0.1, 0.15) is 0 Å². The Morgan fingerprint density at radius 2 is 1.61 bits per heavy atom. The summed E-state index contributed by atoms with van der Waals surface area (Å²) in [5.41, 5.74) is 13.7. The largest absolute Gasteiger partial charge is 0.330 e. The van der Waals surface area contributed by atoms with Crippen LogP contribution in [0, 0.1) is 0 Å². The van der Waals surface area contributed by atoms with Gasteiger partial charge in [-0.15, -0.1) is 0 Å². The molecular formula is C27H43N3O. The molecule has 0 heterocycles. The predicted molar refractivity (Wildman–Crippen MR) is 133 cm³/mol. The second kappa shape index (κ2) is 15.1. The summed E-state index contributed by atoms with van der Waals surface area (Å²) in [6, 6.07) is 11.8. The zero-order valence-electron chi connectivity index (χ0n) is 19.5. The number of hydrogen-bond acceptors (Lipinski definition) is 4. The number of benzene rings is 2. The Hall–Kier alpha value is -1.75. The number of unbranched alkanes of at least 4 members (excludes halogenated alkanes) is 8. The van der Waals surface area contributed by atoms with E-state index >= 15 is 0 Å². The van der Waals surface area contributed by atoms with Crippen molar-refractivity contribution in [1.29, 1.82) is 0 Å². The fourth-order valence-electron chi connectivity index (χ4n) is 4.19. The average Bonchev–Trinajstić information content (AvgIpc) is 2.79. The van der Waals surface area contributed by atoms with Crippen LogP contribution in [-0.2, 0) is 6.54 Å². The first-order valence-electron chi connectivity index (χ1n) is 12.4. The van der Waals surface area contributed by atoms with Crippen LogP contribution in [0.4, 0.5) is 0 Å². The molecule has 172 valence electrons. The standard InChI is InChI=1S/C27H43N3O/c1-2-3-4-5-6-7-8-13-20-30-21-25-23-15-10-9-14-22(23)17-18-24(25)27(31)26(29)16-11-12-19-28/h9-10,14-15,17-18,26,30H,2-8,11-13,16,19-21,28-29H2,1H3/t26-/m0/s1. The predicted octanol–water partition coefficient (Wildman–Crippen LogP) is 5.71. The number of nitrogens with one attached hydrogen (secondary N) is 1. The van der Waals surface area contributed by atoms with Crippen LogP contribution >= 0.6 is 0 Å². The molecule has 31 heavy (non-hydrogen) atoms. The van der Waals surface area contributed by atoms with Crippen molar-refractivity contribution in [3.05, 3.63) is 47.5 Å². The van der Waals surface area contributed by atoms with Crippen molar-refractivity contribution in [3.63, 3.8) is 0 Å². The van der Waals surface area contributed by atoms with E-state index in [0.29, 0.717) is 19.5 Å². The Morgan fingerprint density at radius 1 is 0.903 bits per heavy atom. The topological polar surface area (TPSA) is 81.1 Å².